The molecule has 1 saturated heterocycles. The fraction of sp³-hybridized carbons (Fsp3) is 0.592. The minimum Gasteiger partial charge on any atom is -0.496 e. The van der Waals surface area contributed by atoms with Gasteiger partial charge in [-0.05, 0) is 87.5 Å². The number of benzene rings is 2. The first kappa shape index (κ1) is 46.5. The van der Waals surface area contributed by atoms with Crippen molar-refractivity contribution >= 4 is 40.5 Å². The number of nitrogens with zero attached hydrogens (tertiary/aromatic N) is 3. The molecule has 1 saturated carbocycles. The van der Waals surface area contributed by atoms with E-state index in [0.29, 0.717) is 84.4 Å². The van der Waals surface area contributed by atoms with Crippen molar-refractivity contribution in [1.29, 1.82) is 0 Å². The van der Waals surface area contributed by atoms with Gasteiger partial charge in [-0.3, -0.25) is 14.5 Å². The average Bonchev–Trinajstić information content (AvgIpc) is 3.94. The van der Waals surface area contributed by atoms with Crippen LogP contribution in [0.15, 0.2) is 42.5 Å². The van der Waals surface area contributed by atoms with Gasteiger partial charge in [-0.1, -0.05) is 32.4 Å². The van der Waals surface area contributed by atoms with Gasteiger partial charge in [-0.15, -0.1) is 0 Å². The average molecular weight is 905 g/mol. The third-order valence-corrected chi connectivity index (χ3v) is 15.9. The highest BCUT2D eigenvalue weighted by atomic mass is 19.3. The second-order valence-electron chi connectivity index (χ2n) is 18.8. The van der Waals surface area contributed by atoms with Crippen LogP contribution in [0, 0.1) is 11.3 Å². The molecular formula is C49H62F2N4O10. The first-order chi connectivity index (χ1) is 30.9. The van der Waals surface area contributed by atoms with E-state index in [1.165, 1.54) is 35.4 Å². The summed E-state index contributed by atoms with van der Waals surface area (Å²) in [7, 11) is 7.11. The maximum atomic E-state index is 15.6. The fourth-order valence-electron chi connectivity index (χ4n) is 13.2. The number of likely N-dealkylation sites (N-methyl/N-ethyl adjacent to an activating group) is 2. The lowest BCUT2D eigenvalue weighted by molar-refractivity contribution is -0.228. The molecule has 5 heterocycles. The van der Waals surface area contributed by atoms with Crippen molar-refractivity contribution in [3.8, 4) is 5.75 Å². The zero-order valence-electron chi connectivity index (χ0n) is 38.8. The summed E-state index contributed by atoms with van der Waals surface area (Å²) in [5.41, 5.74) is -2.30. The molecule has 65 heavy (non-hydrogen) atoms. The van der Waals surface area contributed by atoms with Gasteiger partial charge in [-0.25, -0.2) is 18.4 Å². The van der Waals surface area contributed by atoms with Gasteiger partial charge in [0.1, 0.15) is 11.2 Å². The summed E-state index contributed by atoms with van der Waals surface area (Å²) >= 11 is 0. The van der Waals surface area contributed by atoms with Crippen LogP contribution in [0.4, 0.5) is 14.5 Å². The number of hydrogen-bond acceptors (Lipinski definition) is 13. The fourth-order valence-corrected chi connectivity index (χ4v) is 13.2. The second-order valence-corrected chi connectivity index (χ2v) is 18.8. The van der Waals surface area contributed by atoms with Crippen LogP contribution < -0.4 is 9.64 Å². The van der Waals surface area contributed by atoms with Gasteiger partial charge in [0.2, 0.25) is 11.5 Å². The van der Waals surface area contributed by atoms with Gasteiger partial charge in [0.15, 0.2) is 6.10 Å². The minimum absolute atomic E-state index is 0.0291. The van der Waals surface area contributed by atoms with Crippen LogP contribution in [0.2, 0.25) is 0 Å². The van der Waals surface area contributed by atoms with Crippen molar-refractivity contribution < 1.29 is 56.7 Å². The molecule has 3 aromatic rings. The number of nitrogens with one attached hydrogen (secondary N) is 1. The Morgan fingerprint density at radius 2 is 1.69 bits per heavy atom. The van der Waals surface area contributed by atoms with Crippen molar-refractivity contribution in [3.63, 3.8) is 0 Å². The number of aromatic nitrogens is 1. The van der Waals surface area contributed by atoms with Gasteiger partial charge in [0, 0.05) is 90.3 Å². The van der Waals surface area contributed by atoms with Crippen molar-refractivity contribution in [1.82, 2.24) is 14.8 Å². The summed E-state index contributed by atoms with van der Waals surface area (Å²) in [6, 6.07) is 7.49. The smallest absolute Gasteiger partial charge is 0.344 e. The minimum atomic E-state index is -3.02. The van der Waals surface area contributed by atoms with Crippen LogP contribution in [0.3, 0.4) is 0 Å². The number of halogens is 2. The number of H-pyrrole nitrogens is 1. The molecule has 0 bridgehead atoms. The van der Waals surface area contributed by atoms with Crippen LogP contribution in [0.1, 0.15) is 92.5 Å². The topological polar surface area (TPSA) is 160 Å². The molecular weight excluding hydrogens is 843 g/mol. The summed E-state index contributed by atoms with van der Waals surface area (Å²) in [6.45, 7) is 8.28. The monoisotopic (exact) mass is 904 g/mol. The van der Waals surface area contributed by atoms with Gasteiger partial charge >= 0.3 is 23.9 Å². The Bertz CT molecular complexity index is 2430. The predicted octanol–water partition coefficient (Wildman–Crippen LogP) is 5.69. The number of alkyl halides is 2. The molecule has 0 amide bonds. The molecule has 2 fully saturated rings. The van der Waals surface area contributed by atoms with E-state index >= 15 is 13.6 Å². The molecule has 4 aliphatic heterocycles. The Morgan fingerprint density at radius 1 is 0.954 bits per heavy atom. The van der Waals surface area contributed by atoms with Crippen LogP contribution >= 0.6 is 0 Å². The molecule has 1 aromatic heterocycles. The number of methoxy groups -OCH3 is 4. The second kappa shape index (κ2) is 16.7. The van der Waals surface area contributed by atoms with Gasteiger partial charge in [0.05, 0.1) is 40.0 Å². The third kappa shape index (κ3) is 6.62. The van der Waals surface area contributed by atoms with Gasteiger partial charge in [0.25, 0.3) is 0 Å². The maximum Gasteiger partial charge on any atom is 0.344 e. The molecule has 5 aliphatic rings. The van der Waals surface area contributed by atoms with Crippen LogP contribution in [-0.2, 0) is 50.6 Å². The molecule has 1 unspecified atom stereocenters. The van der Waals surface area contributed by atoms with Crippen molar-refractivity contribution in [2.24, 2.45) is 11.3 Å². The molecule has 0 radical (unpaired) electrons. The number of aromatic amines is 1. The molecule has 1 spiro atoms. The number of ether oxygens (including phenoxy) is 5. The number of hydrogen-bond donors (Lipinski definition) is 2. The van der Waals surface area contributed by atoms with Crippen molar-refractivity contribution in [2.45, 2.75) is 107 Å². The summed E-state index contributed by atoms with van der Waals surface area (Å²) in [5.74, 6) is -6.56. The standard InChI is InChI=1S/C49H62F2N4O10/c1-10-46-18-13-21-55-23-20-48(40(46)55)33-25-34(37(61-6)26-36(33)53(5)41(48)49(60,44(59)64-9)42(46)65-28(3)56)47(43(58)63-8)19-12-14-30(45(4,50)51)27-54(11-2)22-17-31-32-24-29(39(57)62-7)15-16-35(32)52-38(31)47/h13,15-16,18,24-26,30,40-42,52,60H,10-12,14,17,19-23,27H2,1-9H3/t30?,40-,41+,42+,46+,47-,48+,49-/m0/s1. The lowest BCUT2D eigenvalue weighted by Gasteiger charge is -2.63. The predicted molar refractivity (Wildman–Crippen MR) is 237 cm³/mol. The first-order valence-electron chi connectivity index (χ1n) is 22.7. The Kier molecular flexibility index (Phi) is 11.9. The number of fused-ring (bicyclic) bond motifs is 4. The van der Waals surface area contributed by atoms with E-state index < -0.39 is 75.8 Å². The van der Waals surface area contributed by atoms with Crippen LogP contribution in [0.5, 0.6) is 5.75 Å². The van der Waals surface area contributed by atoms with Crippen LogP contribution in [-0.4, -0.2) is 142 Å². The maximum absolute atomic E-state index is 15.6. The number of esters is 4. The highest BCUT2D eigenvalue weighted by Gasteiger charge is 2.80. The Labute approximate surface area is 378 Å². The number of anilines is 1. The molecule has 2 N–H and O–H groups in total. The normalized spacial score (nSPS) is 31.2. The largest absolute Gasteiger partial charge is 0.496 e. The van der Waals surface area contributed by atoms with Gasteiger partial charge in [-0.2, -0.15) is 0 Å². The van der Waals surface area contributed by atoms with Gasteiger partial charge < -0.3 is 43.6 Å². The molecule has 14 nitrogen and oxygen atoms in total. The summed E-state index contributed by atoms with van der Waals surface area (Å²) in [5, 5.41) is 14.0. The molecule has 16 heteroatoms. The summed E-state index contributed by atoms with van der Waals surface area (Å²) in [6.07, 6.45) is 4.12. The lowest BCUT2D eigenvalue weighted by Crippen LogP contribution is -2.81. The Balaban J connectivity index is 1.46. The molecule has 8 atom stereocenters. The summed E-state index contributed by atoms with van der Waals surface area (Å²) in [4.78, 5) is 65.6. The van der Waals surface area contributed by atoms with E-state index in [4.69, 9.17) is 23.7 Å². The zero-order chi connectivity index (χ0) is 47.0. The summed E-state index contributed by atoms with van der Waals surface area (Å²) < 4.78 is 60.0. The quantitative estimate of drug-likeness (QED) is 0.153. The number of aliphatic hydroxyl groups is 1. The van der Waals surface area contributed by atoms with Crippen molar-refractivity contribution in [2.75, 3.05) is 73.1 Å². The zero-order valence-corrected chi connectivity index (χ0v) is 38.8. The highest BCUT2D eigenvalue weighted by Crippen LogP contribution is 2.68. The highest BCUT2D eigenvalue weighted by molar-refractivity contribution is 5.98. The molecule has 352 valence electrons. The van der Waals surface area contributed by atoms with E-state index in [-0.39, 0.29) is 31.6 Å². The van der Waals surface area contributed by atoms with E-state index in [0.717, 1.165) is 12.5 Å². The molecule has 8 rings (SSSR count). The van der Waals surface area contributed by atoms with E-state index in [9.17, 15) is 19.5 Å². The number of carbonyl (C=O) groups excluding carboxylic acids is 4. The molecule has 1 aliphatic carbocycles. The number of rotatable bonds is 9. The Hall–Kier alpha value is -5.06. The van der Waals surface area contributed by atoms with Crippen molar-refractivity contribution in [3.05, 3.63) is 70.4 Å². The third-order valence-electron chi connectivity index (χ3n) is 15.9. The van der Waals surface area contributed by atoms with Crippen LogP contribution in [0.25, 0.3) is 10.9 Å². The van der Waals surface area contributed by atoms with E-state index in [1.807, 2.05) is 47.9 Å². The molecule has 2 aromatic carbocycles. The lowest BCUT2D eigenvalue weighted by atomic mass is 9.47. The number of carbonyl (C=O) groups is 4. The van der Waals surface area contributed by atoms with E-state index in [1.54, 1.807) is 25.2 Å². The Morgan fingerprint density at radius 3 is 2.32 bits per heavy atom. The van der Waals surface area contributed by atoms with E-state index in [2.05, 4.69) is 9.88 Å². The first-order valence-corrected chi connectivity index (χ1v) is 22.7. The SMILES string of the molecule is CCN1CCc2c([nH]c3ccc(C(=O)OC)cc23)[C@@](C(=O)OC)(c2cc3c(cc2OC)N(C)[C@H]2[C@@](O)(C(=O)OC)[C@H](OC(C)=O)[C@]4(CC)C=CCN5CC[C@]32[C@@H]54)CCCC(C(C)(F)F)C1.